The van der Waals surface area contributed by atoms with E-state index in [0.29, 0.717) is 31.6 Å². The molecule has 1 saturated carbocycles. The van der Waals surface area contributed by atoms with Gasteiger partial charge in [-0.25, -0.2) is 4.98 Å². The number of aromatic amines is 1. The van der Waals surface area contributed by atoms with E-state index in [1.807, 2.05) is 6.07 Å². The quantitative estimate of drug-likeness (QED) is 0.760. The Bertz CT molecular complexity index is 698. The van der Waals surface area contributed by atoms with Gasteiger partial charge in [0.05, 0.1) is 12.7 Å². The normalized spacial score (nSPS) is 21.6. The third kappa shape index (κ3) is 3.74. The van der Waals surface area contributed by atoms with Crippen LogP contribution in [0.4, 0.5) is 17.6 Å². The maximum atomic E-state index is 5.71. The van der Waals surface area contributed by atoms with Crippen molar-refractivity contribution in [1.29, 1.82) is 0 Å². The second-order valence-electron chi connectivity index (χ2n) is 6.73. The lowest BCUT2D eigenvalue weighted by molar-refractivity contribution is 0.0460. The van der Waals surface area contributed by atoms with Gasteiger partial charge in [-0.1, -0.05) is 12.8 Å². The van der Waals surface area contributed by atoms with Gasteiger partial charge in [0.15, 0.2) is 5.82 Å². The Morgan fingerprint density at radius 2 is 2.20 bits per heavy atom. The largest absolute Gasteiger partial charge is 0.373 e. The van der Waals surface area contributed by atoms with E-state index < -0.39 is 0 Å². The summed E-state index contributed by atoms with van der Waals surface area (Å²) in [6, 6.07) is 3.95. The van der Waals surface area contributed by atoms with Crippen LogP contribution in [0, 0.1) is 0 Å². The molecule has 0 spiro atoms. The number of ether oxygens (including phenoxy) is 1. The zero-order valence-corrected chi connectivity index (χ0v) is 14.3. The minimum Gasteiger partial charge on any atom is -0.373 e. The summed E-state index contributed by atoms with van der Waals surface area (Å²) in [7, 11) is 0. The average Bonchev–Trinajstić information content (AvgIpc) is 3.34. The van der Waals surface area contributed by atoms with Gasteiger partial charge in [-0.3, -0.25) is 5.10 Å². The van der Waals surface area contributed by atoms with Crippen molar-refractivity contribution in [3.63, 3.8) is 0 Å². The lowest BCUT2D eigenvalue weighted by atomic mass is 10.0. The van der Waals surface area contributed by atoms with Crippen molar-refractivity contribution in [2.24, 2.45) is 5.73 Å². The Balaban J connectivity index is 1.44. The van der Waals surface area contributed by atoms with Crippen LogP contribution in [-0.2, 0) is 4.74 Å². The summed E-state index contributed by atoms with van der Waals surface area (Å²) in [5.41, 5.74) is 6.93. The van der Waals surface area contributed by atoms with E-state index >= 15 is 0 Å². The van der Waals surface area contributed by atoms with Crippen molar-refractivity contribution >= 4 is 17.6 Å². The zero-order valence-electron chi connectivity index (χ0n) is 14.3. The SMILES string of the molecule is NC[C@H]1CN(c2nccc(Nc3cc(C4CCCC4)[nH]n3)n2)CCO1. The zero-order chi connectivity index (χ0) is 17.1. The molecule has 1 aliphatic carbocycles. The van der Waals surface area contributed by atoms with E-state index in [1.54, 1.807) is 6.20 Å². The Morgan fingerprint density at radius 3 is 3.04 bits per heavy atom. The molecular formula is C17H25N7O. The monoisotopic (exact) mass is 343 g/mol. The summed E-state index contributed by atoms with van der Waals surface area (Å²) in [4.78, 5) is 11.1. The number of nitrogens with one attached hydrogen (secondary N) is 2. The van der Waals surface area contributed by atoms with Crippen molar-refractivity contribution in [2.45, 2.75) is 37.7 Å². The molecule has 1 atom stereocenters. The second kappa shape index (κ2) is 7.37. The van der Waals surface area contributed by atoms with Crippen LogP contribution in [0.3, 0.4) is 0 Å². The summed E-state index contributed by atoms with van der Waals surface area (Å²) in [5, 5.41) is 10.8. The van der Waals surface area contributed by atoms with Gasteiger partial charge < -0.3 is 20.7 Å². The van der Waals surface area contributed by atoms with E-state index in [2.05, 4.69) is 36.4 Å². The van der Waals surface area contributed by atoms with Crippen molar-refractivity contribution in [1.82, 2.24) is 20.2 Å². The fourth-order valence-corrected chi connectivity index (χ4v) is 3.59. The molecule has 4 rings (SSSR count). The van der Waals surface area contributed by atoms with Crippen LogP contribution in [0.15, 0.2) is 18.3 Å². The Morgan fingerprint density at radius 1 is 1.32 bits per heavy atom. The van der Waals surface area contributed by atoms with Crippen LogP contribution in [0.2, 0.25) is 0 Å². The van der Waals surface area contributed by atoms with Crippen molar-refractivity contribution < 1.29 is 4.74 Å². The lowest BCUT2D eigenvalue weighted by Gasteiger charge is -2.32. The van der Waals surface area contributed by atoms with Crippen LogP contribution in [-0.4, -0.2) is 52.5 Å². The van der Waals surface area contributed by atoms with Crippen LogP contribution in [0.5, 0.6) is 0 Å². The molecule has 8 nitrogen and oxygen atoms in total. The minimum absolute atomic E-state index is 0.0364. The fourth-order valence-electron chi connectivity index (χ4n) is 3.59. The highest BCUT2D eigenvalue weighted by atomic mass is 16.5. The van der Waals surface area contributed by atoms with Crippen LogP contribution < -0.4 is 16.0 Å². The number of nitrogens with zero attached hydrogens (tertiary/aromatic N) is 4. The predicted molar refractivity (Wildman–Crippen MR) is 96.1 cm³/mol. The number of H-pyrrole nitrogens is 1. The molecule has 0 unspecified atom stereocenters. The van der Waals surface area contributed by atoms with E-state index in [-0.39, 0.29) is 6.10 Å². The minimum atomic E-state index is 0.0364. The van der Waals surface area contributed by atoms with Gasteiger partial charge in [0.1, 0.15) is 5.82 Å². The highest BCUT2D eigenvalue weighted by molar-refractivity contribution is 5.53. The van der Waals surface area contributed by atoms with Gasteiger partial charge in [0, 0.05) is 43.5 Å². The first-order chi connectivity index (χ1) is 12.3. The lowest BCUT2D eigenvalue weighted by Crippen LogP contribution is -2.46. The fraction of sp³-hybridized carbons (Fsp3) is 0.588. The summed E-state index contributed by atoms with van der Waals surface area (Å²) in [5.74, 6) is 2.85. The number of morpholine rings is 1. The summed E-state index contributed by atoms with van der Waals surface area (Å²) >= 11 is 0. The van der Waals surface area contributed by atoms with Gasteiger partial charge in [0.2, 0.25) is 5.95 Å². The second-order valence-corrected chi connectivity index (χ2v) is 6.73. The van der Waals surface area contributed by atoms with E-state index in [4.69, 9.17) is 10.5 Å². The van der Waals surface area contributed by atoms with Crippen LogP contribution in [0.1, 0.15) is 37.3 Å². The third-order valence-electron chi connectivity index (χ3n) is 4.98. The Hall–Kier alpha value is -2.19. The molecular weight excluding hydrogens is 318 g/mol. The van der Waals surface area contributed by atoms with Gasteiger partial charge in [-0.15, -0.1) is 0 Å². The molecule has 134 valence electrons. The average molecular weight is 343 g/mol. The molecule has 8 heteroatoms. The first kappa shape index (κ1) is 16.3. The molecule has 2 aromatic rings. The molecule has 2 aliphatic rings. The molecule has 3 heterocycles. The highest BCUT2D eigenvalue weighted by Crippen LogP contribution is 2.34. The Labute approximate surface area is 147 Å². The molecule has 1 saturated heterocycles. The van der Waals surface area contributed by atoms with E-state index in [1.165, 1.54) is 31.4 Å². The summed E-state index contributed by atoms with van der Waals surface area (Å²) in [6.07, 6.45) is 6.92. The van der Waals surface area contributed by atoms with E-state index in [9.17, 15) is 0 Å². The van der Waals surface area contributed by atoms with Crippen LogP contribution >= 0.6 is 0 Å². The molecule has 2 fully saturated rings. The number of hydrogen-bond donors (Lipinski definition) is 3. The highest BCUT2D eigenvalue weighted by Gasteiger charge is 2.22. The first-order valence-corrected chi connectivity index (χ1v) is 9.04. The summed E-state index contributed by atoms with van der Waals surface area (Å²) in [6.45, 7) is 2.64. The molecule has 0 bridgehead atoms. The first-order valence-electron chi connectivity index (χ1n) is 9.04. The van der Waals surface area contributed by atoms with Crippen LogP contribution in [0.25, 0.3) is 0 Å². The molecule has 1 aliphatic heterocycles. The van der Waals surface area contributed by atoms with Gasteiger partial charge in [0.25, 0.3) is 0 Å². The molecule has 25 heavy (non-hydrogen) atoms. The number of anilines is 3. The van der Waals surface area contributed by atoms with Crippen molar-refractivity contribution in [2.75, 3.05) is 36.5 Å². The van der Waals surface area contributed by atoms with Crippen molar-refractivity contribution in [3.8, 4) is 0 Å². The molecule has 2 aromatic heterocycles. The smallest absolute Gasteiger partial charge is 0.227 e. The predicted octanol–water partition coefficient (Wildman–Crippen LogP) is 1.76. The van der Waals surface area contributed by atoms with Crippen molar-refractivity contribution in [3.05, 3.63) is 24.0 Å². The van der Waals surface area contributed by atoms with Gasteiger partial charge >= 0.3 is 0 Å². The summed E-state index contributed by atoms with van der Waals surface area (Å²) < 4.78 is 5.60. The number of nitrogens with two attached hydrogens (primary N) is 1. The van der Waals surface area contributed by atoms with E-state index in [0.717, 1.165) is 18.2 Å². The molecule has 4 N–H and O–H groups in total. The number of hydrogen-bond acceptors (Lipinski definition) is 7. The van der Waals surface area contributed by atoms with Gasteiger partial charge in [-0.2, -0.15) is 10.1 Å². The maximum Gasteiger partial charge on any atom is 0.227 e. The number of aromatic nitrogens is 4. The number of rotatable bonds is 5. The maximum absolute atomic E-state index is 5.71. The van der Waals surface area contributed by atoms with Gasteiger partial charge in [-0.05, 0) is 18.9 Å². The Kier molecular flexibility index (Phi) is 4.80. The molecule has 0 radical (unpaired) electrons. The molecule has 0 aromatic carbocycles. The molecule has 0 amide bonds. The third-order valence-corrected chi connectivity index (χ3v) is 4.98. The standard InChI is InChI=1S/C17H25N7O/c18-10-13-11-24(7-8-25-13)17-19-6-5-15(21-17)20-16-9-14(22-23-16)12-3-1-2-4-12/h5-6,9,12-13H,1-4,7-8,10-11,18H2,(H2,19,20,21,22,23)/t13-/m0/s1. The topological polar surface area (TPSA) is 105 Å².